The number of carbonyl (C=O) groups excluding carboxylic acids is 1. The van der Waals surface area contributed by atoms with E-state index in [0.717, 1.165) is 44.7 Å². The summed E-state index contributed by atoms with van der Waals surface area (Å²) < 4.78 is 5.45. The molecule has 2 fully saturated rings. The second-order valence-electron chi connectivity index (χ2n) is 7.66. The molecular weight excluding hydrogens is 314 g/mol. The quantitative estimate of drug-likeness (QED) is 0.735. The first kappa shape index (κ1) is 16.4. The Bertz CT molecular complexity index is 566. The number of nitrogens with zero attached hydrogens (tertiary/aromatic N) is 3. The summed E-state index contributed by atoms with van der Waals surface area (Å²) in [6, 6.07) is 3.84. The molecular formula is C17H24ClN3O2. The fraction of sp³-hybridized carbons (Fsp3) is 0.647. The predicted octanol–water partition coefficient (Wildman–Crippen LogP) is 3.57. The van der Waals surface area contributed by atoms with Crippen LogP contribution < -0.4 is 4.90 Å². The predicted molar refractivity (Wildman–Crippen MR) is 90.9 cm³/mol. The zero-order valence-electron chi connectivity index (χ0n) is 14.0. The highest BCUT2D eigenvalue weighted by Gasteiger charge is 2.46. The number of likely N-dealkylation sites (tertiary alicyclic amines) is 1. The number of ether oxygens (including phenoxy) is 1. The fourth-order valence-corrected chi connectivity index (χ4v) is 3.42. The summed E-state index contributed by atoms with van der Waals surface area (Å²) >= 11 is 5.83. The van der Waals surface area contributed by atoms with Gasteiger partial charge in [0.05, 0.1) is 11.9 Å². The van der Waals surface area contributed by atoms with Gasteiger partial charge >= 0.3 is 6.09 Å². The van der Waals surface area contributed by atoms with Gasteiger partial charge in [0, 0.05) is 31.6 Å². The molecule has 3 heterocycles. The first-order valence-corrected chi connectivity index (χ1v) is 8.49. The average molecular weight is 338 g/mol. The zero-order valence-corrected chi connectivity index (χ0v) is 14.8. The van der Waals surface area contributed by atoms with Crippen molar-refractivity contribution in [3.05, 3.63) is 23.5 Å². The lowest BCUT2D eigenvalue weighted by Gasteiger charge is -2.54. The lowest BCUT2D eigenvalue weighted by Crippen LogP contribution is -2.61. The lowest BCUT2D eigenvalue weighted by molar-refractivity contribution is 0.00598. The summed E-state index contributed by atoms with van der Waals surface area (Å²) in [5.74, 6) is 0. The number of aromatic nitrogens is 1. The fourth-order valence-electron chi connectivity index (χ4n) is 3.31. The number of amides is 1. The number of pyridine rings is 1. The standard InChI is InChI=1S/C17H24ClN3O2/c1-16(2,3)23-15(22)20-8-6-17(7-9-20)11-21(12-17)13-4-5-14(18)19-10-13/h4-5,10H,6-9,11-12H2,1-3H3. The van der Waals surface area contributed by atoms with E-state index in [0.29, 0.717) is 10.6 Å². The molecule has 1 amide bonds. The highest BCUT2D eigenvalue weighted by Crippen LogP contribution is 2.42. The maximum absolute atomic E-state index is 12.1. The van der Waals surface area contributed by atoms with E-state index in [1.54, 1.807) is 0 Å². The molecule has 2 saturated heterocycles. The molecule has 126 valence electrons. The van der Waals surface area contributed by atoms with Gasteiger partial charge in [0.15, 0.2) is 0 Å². The first-order chi connectivity index (χ1) is 10.8. The number of rotatable bonds is 1. The van der Waals surface area contributed by atoms with Gasteiger partial charge in [-0.25, -0.2) is 9.78 Å². The van der Waals surface area contributed by atoms with E-state index in [2.05, 4.69) is 9.88 Å². The van der Waals surface area contributed by atoms with Crippen LogP contribution in [0.15, 0.2) is 18.3 Å². The van der Waals surface area contributed by atoms with Crippen LogP contribution in [0.25, 0.3) is 0 Å². The summed E-state index contributed by atoms with van der Waals surface area (Å²) in [4.78, 5) is 20.4. The molecule has 0 radical (unpaired) electrons. The van der Waals surface area contributed by atoms with E-state index in [1.807, 2.05) is 44.0 Å². The van der Waals surface area contributed by atoms with Crippen molar-refractivity contribution >= 4 is 23.4 Å². The van der Waals surface area contributed by atoms with E-state index < -0.39 is 5.60 Å². The molecule has 3 rings (SSSR count). The third-order valence-corrected chi connectivity index (χ3v) is 4.83. The molecule has 0 atom stereocenters. The number of hydrogen-bond donors (Lipinski definition) is 0. The van der Waals surface area contributed by atoms with Gasteiger partial charge in [-0.15, -0.1) is 0 Å². The Morgan fingerprint density at radius 2 is 1.91 bits per heavy atom. The molecule has 0 aliphatic carbocycles. The Morgan fingerprint density at radius 3 is 2.43 bits per heavy atom. The molecule has 6 heteroatoms. The van der Waals surface area contributed by atoms with Crippen LogP contribution in [0.4, 0.5) is 10.5 Å². The van der Waals surface area contributed by atoms with Crippen LogP contribution in [-0.4, -0.2) is 47.8 Å². The molecule has 5 nitrogen and oxygen atoms in total. The van der Waals surface area contributed by atoms with Gasteiger partial charge in [-0.3, -0.25) is 0 Å². The van der Waals surface area contributed by atoms with Crippen molar-refractivity contribution in [2.24, 2.45) is 5.41 Å². The van der Waals surface area contributed by atoms with E-state index in [1.165, 1.54) is 0 Å². The Labute approximate surface area is 142 Å². The van der Waals surface area contributed by atoms with Crippen molar-refractivity contribution in [3.8, 4) is 0 Å². The van der Waals surface area contributed by atoms with E-state index in [-0.39, 0.29) is 6.09 Å². The van der Waals surface area contributed by atoms with E-state index >= 15 is 0 Å². The van der Waals surface area contributed by atoms with Gasteiger partial charge < -0.3 is 14.5 Å². The molecule has 1 aromatic rings. The first-order valence-electron chi connectivity index (χ1n) is 8.11. The van der Waals surface area contributed by atoms with Crippen molar-refractivity contribution in [1.82, 2.24) is 9.88 Å². The summed E-state index contributed by atoms with van der Waals surface area (Å²) in [5.41, 5.74) is 1.02. The van der Waals surface area contributed by atoms with Crippen molar-refractivity contribution in [1.29, 1.82) is 0 Å². The summed E-state index contributed by atoms with van der Waals surface area (Å²) in [7, 11) is 0. The highest BCUT2D eigenvalue weighted by molar-refractivity contribution is 6.29. The SMILES string of the molecule is CC(C)(C)OC(=O)N1CCC2(CC1)CN(c1ccc(Cl)nc1)C2. The molecule has 2 aliphatic heterocycles. The maximum Gasteiger partial charge on any atom is 0.410 e. The summed E-state index contributed by atoms with van der Waals surface area (Å²) in [6.07, 6.45) is 3.70. The minimum absolute atomic E-state index is 0.189. The lowest BCUT2D eigenvalue weighted by atomic mass is 9.72. The molecule has 0 bridgehead atoms. The van der Waals surface area contributed by atoms with E-state index in [9.17, 15) is 4.79 Å². The monoisotopic (exact) mass is 337 g/mol. The molecule has 1 spiro atoms. The number of anilines is 1. The third kappa shape index (κ3) is 3.71. The summed E-state index contributed by atoms with van der Waals surface area (Å²) in [6.45, 7) is 9.32. The number of carbonyl (C=O) groups is 1. The average Bonchev–Trinajstić information content (AvgIpc) is 2.44. The molecule has 2 aliphatic rings. The smallest absolute Gasteiger partial charge is 0.410 e. The van der Waals surface area contributed by atoms with E-state index in [4.69, 9.17) is 16.3 Å². The van der Waals surface area contributed by atoms with Crippen molar-refractivity contribution < 1.29 is 9.53 Å². The van der Waals surface area contributed by atoms with Crippen LogP contribution in [-0.2, 0) is 4.74 Å². The zero-order chi connectivity index (χ0) is 16.7. The highest BCUT2D eigenvalue weighted by atomic mass is 35.5. The largest absolute Gasteiger partial charge is 0.444 e. The third-order valence-electron chi connectivity index (χ3n) is 4.61. The Morgan fingerprint density at radius 1 is 1.26 bits per heavy atom. The van der Waals surface area contributed by atoms with Crippen LogP contribution >= 0.6 is 11.6 Å². The van der Waals surface area contributed by atoms with Gasteiger partial charge in [-0.1, -0.05) is 11.6 Å². The minimum Gasteiger partial charge on any atom is -0.444 e. The van der Waals surface area contributed by atoms with Gasteiger partial charge in [0.2, 0.25) is 0 Å². The number of hydrogen-bond acceptors (Lipinski definition) is 4. The number of piperidine rings is 1. The summed E-state index contributed by atoms with van der Waals surface area (Å²) in [5, 5.41) is 0.523. The molecule has 1 aromatic heterocycles. The van der Waals surface area contributed by atoms with Gasteiger partial charge in [0.1, 0.15) is 10.8 Å². The number of halogens is 1. The molecule has 23 heavy (non-hydrogen) atoms. The van der Waals surface area contributed by atoms with Gasteiger partial charge in [-0.2, -0.15) is 0 Å². The van der Waals surface area contributed by atoms with Crippen LogP contribution in [0, 0.1) is 5.41 Å². The van der Waals surface area contributed by atoms with Crippen LogP contribution in [0.2, 0.25) is 5.15 Å². The van der Waals surface area contributed by atoms with Crippen molar-refractivity contribution in [3.63, 3.8) is 0 Å². The van der Waals surface area contributed by atoms with Crippen LogP contribution in [0.5, 0.6) is 0 Å². The van der Waals surface area contributed by atoms with Gasteiger partial charge in [0.25, 0.3) is 0 Å². The van der Waals surface area contributed by atoms with Crippen molar-refractivity contribution in [2.75, 3.05) is 31.1 Å². The topological polar surface area (TPSA) is 45.7 Å². The maximum atomic E-state index is 12.1. The Balaban J connectivity index is 1.50. The van der Waals surface area contributed by atoms with Crippen molar-refractivity contribution in [2.45, 2.75) is 39.2 Å². The molecule has 0 unspecified atom stereocenters. The second kappa shape index (κ2) is 5.86. The van der Waals surface area contributed by atoms with Crippen LogP contribution in [0.3, 0.4) is 0 Å². The van der Waals surface area contributed by atoms with Crippen LogP contribution in [0.1, 0.15) is 33.6 Å². The molecule has 0 aromatic carbocycles. The van der Waals surface area contributed by atoms with Gasteiger partial charge in [-0.05, 0) is 45.7 Å². The Kier molecular flexibility index (Phi) is 4.17. The second-order valence-corrected chi connectivity index (χ2v) is 8.05. The Hall–Kier alpha value is -1.49. The normalized spacial score (nSPS) is 20.3. The molecule has 0 N–H and O–H groups in total. The minimum atomic E-state index is -0.429. The molecule has 0 saturated carbocycles.